The van der Waals surface area contributed by atoms with Gasteiger partial charge in [-0.3, -0.25) is 4.57 Å². The summed E-state index contributed by atoms with van der Waals surface area (Å²) in [4.78, 5) is 7.69. The van der Waals surface area contributed by atoms with Gasteiger partial charge in [-0.2, -0.15) is 0 Å². The van der Waals surface area contributed by atoms with Crippen molar-refractivity contribution in [1.29, 1.82) is 0 Å². The van der Waals surface area contributed by atoms with Crippen LogP contribution >= 0.6 is 8.25 Å². The van der Waals surface area contributed by atoms with Gasteiger partial charge in [-0.15, -0.1) is 0 Å². The standard InChI is InChI=1S/C6H14O2S.CH5O3P/c1-4-6(5-2)9(3,7)8;1-4-5(2)3/h6H,4-5H2,1-3H3;5H,1H3,(H,2,3). The van der Waals surface area contributed by atoms with Crippen LogP contribution in [0, 0.1) is 0 Å². The molecular weight excluding hydrogens is 227 g/mol. The van der Waals surface area contributed by atoms with Gasteiger partial charge in [0.1, 0.15) is 9.84 Å². The molecule has 0 aliphatic rings. The molecule has 0 aliphatic carbocycles. The average molecular weight is 246 g/mol. The molecule has 88 valence electrons. The second-order valence-corrected chi connectivity index (χ2v) is 6.00. The Balaban J connectivity index is 0. The van der Waals surface area contributed by atoms with E-state index in [9.17, 15) is 13.0 Å². The van der Waals surface area contributed by atoms with Gasteiger partial charge in [0, 0.05) is 13.4 Å². The van der Waals surface area contributed by atoms with Crippen LogP contribution in [0.1, 0.15) is 26.7 Å². The van der Waals surface area contributed by atoms with Crippen LogP contribution in [0.15, 0.2) is 0 Å². The van der Waals surface area contributed by atoms with Crippen LogP contribution in [0.25, 0.3) is 0 Å². The zero-order valence-corrected chi connectivity index (χ0v) is 10.8. The molecule has 0 amide bonds. The molecule has 0 bridgehead atoms. The predicted molar refractivity (Wildman–Crippen MR) is 57.4 cm³/mol. The molecule has 1 N–H and O–H groups in total. The van der Waals surface area contributed by atoms with E-state index in [0.29, 0.717) is 0 Å². The Labute approximate surface area is 86.3 Å². The molecule has 0 aromatic heterocycles. The van der Waals surface area contributed by atoms with E-state index in [1.807, 2.05) is 13.8 Å². The lowest BCUT2D eigenvalue weighted by Gasteiger charge is -2.07. The minimum Gasteiger partial charge on any atom is -0.326 e. The van der Waals surface area contributed by atoms with Crippen LogP contribution in [-0.4, -0.2) is 31.9 Å². The Kier molecular flexibility index (Phi) is 9.93. The Hall–Kier alpha value is 0.1000. The average Bonchev–Trinajstić information content (AvgIpc) is 2.05. The van der Waals surface area contributed by atoms with Crippen LogP contribution in [0.4, 0.5) is 0 Å². The summed E-state index contributed by atoms with van der Waals surface area (Å²) in [5, 5.41) is -0.127. The van der Waals surface area contributed by atoms with E-state index in [-0.39, 0.29) is 5.25 Å². The van der Waals surface area contributed by atoms with Crippen LogP contribution in [0.3, 0.4) is 0 Å². The molecular formula is C7H19O5PS. The highest BCUT2D eigenvalue weighted by Gasteiger charge is 2.14. The van der Waals surface area contributed by atoms with Gasteiger partial charge in [0.25, 0.3) is 0 Å². The first-order valence-electron chi connectivity index (χ1n) is 4.25. The molecule has 14 heavy (non-hydrogen) atoms. The summed E-state index contributed by atoms with van der Waals surface area (Å²) in [7, 11) is -4.21. The van der Waals surface area contributed by atoms with Crippen molar-refractivity contribution >= 4 is 18.1 Å². The summed E-state index contributed by atoms with van der Waals surface area (Å²) in [5.74, 6) is 0. The van der Waals surface area contributed by atoms with Crippen LogP contribution in [-0.2, 0) is 18.9 Å². The predicted octanol–water partition coefficient (Wildman–Crippen LogP) is 1.23. The Bertz CT molecular complexity index is 245. The third-order valence-corrected chi connectivity index (χ3v) is 3.92. The van der Waals surface area contributed by atoms with E-state index in [0.717, 1.165) is 12.8 Å². The van der Waals surface area contributed by atoms with Gasteiger partial charge >= 0.3 is 8.25 Å². The maximum Gasteiger partial charge on any atom is 0.316 e. The van der Waals surface area contributed by atoms with Crippen molar-refractivity contribution in [3.63, 3.8) is 0 Å². The fraction of sp³-hybridized carbons (Fsp3) is 1.00. The van der Waals surface area contributed by atoms with Crippen molar-refractivity contribution in [2.24, 2.45) is 0 Å². The fourth-order valence-corrected chi connectivity index (χ4v) is 2.11. The summed E-state index contributed by atoms with van der Waals surface area (Å²) in [6, 6.07) is 0. The summed E-state index contributed by atoms with van der Waals surface area (Å²) < 4.78 is 34.8. The molecule has 0 aliphatic heterocycles. The first-order chi connectivity index (χ1) is 6.29. The molecule has 0 radical (unpaired) electrons. The normalized spacial score (nSPS) is 13.3. The van der Waals surface area contributed by atoms with Gasteiger partial charge in [-0.05, 0) is 12.8 Å². The molecule has 0 rings (SSSR count). The van der Waals surface area contributed by atoms with Gasteiger partial charge in [-0.1, -0.05) is 13.8 Å². The Morgan fingerprint density at radius 3 is 1.64 bits per heavy atom. The minimum absolute atomic E-state index is 0.127. The van der Waals surface area contributed by atoms with E-state index in [1.54, 1.807) is 0 Å². The highest BCUT2D eigenvalue weighted by Crippen LogP contribution is 2.09. The third-order valence-electron chi connectivity index (χ3n) is 1.69. The minimum atomic E-state index is -2.77. The molecule has 0 spiro atoms. The fourth-order valence-electron chi connectivity index (χ4n) is 0.894. The maximum atomic E-state index is 10.8. The van der Waals surface area contributed by atoms with Gasteiger partial charge in [-0.25, -0.2) is 8.42 Å². The molecule has 7 heteroatoms. The summed E-state index contributed by atoms with van der Waals surface area (Å²) >= 11 is 0. The first-order valence-corrected chi connectivity index (χ1v) is 7.47. The highest BCUT2D eigenvalue weighted by molar-refractivity contribution is 7.91. The zero-order valence-electron chi connectivity index (χ0n) is 8.98. The zero-order chi connectivity index (χ0) is 11.8. The summed E-state index contributed by atoms with van der Waals surface area (Å²) in [6.07, 6.45) is 2.76. The van der Waals surface area contributed by atoms with E-state index in [2.05, 4.69) is 4.52 Å². The van der Waals surface area contributed by atoms with Gasteiger partial charge in [0.15, 0.2) is 0 Å². The summed E-state index contributed by atoms with van der Waals surface area (Å²) in [6.45, 7) is 3.80. The van der Waals surface area contributed by atoms with Crippen molar-refractivity contribution in [2.45, 2.75) is 31.9 Å². The van der Waals surface area contributed by atoms with Crippen LogP contribution in [0.5, 0.6) is 0 Å². The van der Waals surface area contributed by atoms with Crippen molar-refractivity contribution in [1.82, 2.24) is 0 Å². The second kappa shape index (κ2) is 8.41. The van der Waals surface area contributed by atoms with Gasteiger partial charge < -0.3 is 9.42 Å². The molecule has 1 unspecified atom stereocenters. The largest absolute Gasteiger partial charge is 0.326 e. The van der Waals surface area contributed by atoms with E-state index in [1.165, 1.54) is 13.4 Å². The number of hydrogen-bond donors (Lipinski definition) is 1. The van der Waals surface area contributed by atoms with Crippen molar-refractivity contribution in [2.75, 3.05) is 13.4 Å². The molecule has 0 aromatic carbocycles. The number of rotatable bonds is 4. The third kappa shape index (κ3) is 10.2. The molecule has 5 nitrogen and oxygen atoms in total. The maximum absolute atomic E-state index is 10.8. The Morgan fingerprint density at radius 2 is 1.64 bits per heavy atom. The number of sulfone groups is 1. The molecule has 0 heterocycles. The van der Waals surface area contributed by atoms with E-state index in [4.69, 9.17) is 4.89 Å². The van der Waals surface area contributed by atoms with E-state index < -0.39 is 18.1 Å². The lowest BCUT2D eigenvalue weighted by molar-refractivity contribution is 0.343. The first kappa shape index (κ1) is 16.5. The van der Waals surface area contributed by atoms with Crippen LogP contribution in [0.2, 0.25) is 0 Å². The quantitative estimate of drug-likeness (QED) is 0.755. The second-order valence-electron chi connectivity index (χ2n) is 2.74. The van der Waals surface area contributed by atoms with Crippen molar-refractivity contribution in [3.05, 3.63) is 0 Å². The lowest BCUT2D eigenvalue weighted by Crippen LogP contribution is -2.17. The molecule has 0 aromatic rings. The topological polar surface area (TPSA) is 80.7 Å². The monoisotopic (exact) mass is 246 g/mol. The SMILES string of the molecule is CCC(CC)S(C)(=O)=O.CO[PH](=O)O. The van der Waals surface area contributed by atoms with Gasteiger partial charge in [0.05, 0.1) is 5.25 Å². The molecule has 0 saturated carbocycles. The molecule has 0 saturated heterocycles. The van der Waals surface area contributed by atoms with Crippen LogP contribution < -0.4 is 0 Å². The summed E-state index contributed by atoms with van der Waals surface area (Å²) in [5.41, 5.74) is 0. The lowest BCUT2D eigenvalue weighted by atomic mass is 10.3. The Morgan fingerprint density at radius 1 is 1.36 bits per heavy atom. The molecule has 0 fully saturated rings. The number of hydrogen-bond acceptors (Lipinski definition) is 4. The van der Waals surface area contributed by atoms with E-state index >= 15 is 0 Å². The van der Waals surface area contributed by atoms with Crippen molar-refractivity contribution < 1.29 is 22.4 Å². The van der Waals surface area contributed by atoms with Crippen molar-refractivity contribution in [3.8, 4) is 0 Å². The smallest absolute Gasteiger partial charge is 0.316 e. The van der Waals surface area contributed by atoms with Gasteiger partial charge in [0.2, 0.25) is 0 Å². The highest BCUT2D eigenvalue weighted by atomic mass is 32.2. The molecule has 1 atom stereocenters.